The van der Waals surface area contributed by atoms with Crippen LogP contribution in [0.4, 0.5) is 17.1 Å². The summed E-state index contributed by atoms with van der Waals surface area (Å²) in [7, 11) is -5.20. The van der Waals surface area contributed by atoms with Crippen molar-refractivity contribution in [2.75, 3.05) is 0 Å². The van der Waals surface area contributed by atoms with Crippen LogP contribution in [-0.4, -0.2) is 13.4 Å². The van der Waals surface area contributed by atoms with Crippen LogP contribution in [0.5, 0.6) is 0 Å². The number of pyridine rings is 1. The van der Waals surface area contributed by atoms with Crippen molar-refractivity contribution in [1.82, 2.24) is 4.98 Å². The van der Waals surface area contributed by atoms with Gasteiger partial charge in [-0.25, -0.2) is 4.98 Å². The summed E-state index contributed by atoms with van der Waals surface area (Å²) in [6, 6.07) is 0.685. The predicted octanol–water partition coefficient (Wildman–Crippen LogP) is 1.76. The number of alkyl halides is 3. The number of nitrogens with zero attached hydrogens (tertiary/aromatic N) is 1. The van der Waals surface area contributed by atoms with Gasteiger partial charge in [-0.15, -0.1) is 0 Å². The molecular weight excluding hydrogens is 226 g/mol. The third-order valence-electron chi connectivity index (χ3n) is 1.31. The van der Waals surface area contributed by atoms with Gasteiger partial charge in [-0.2, -0.15) is 21.6 Å². The zero-order chi connectivity index (χ0) is 11.0. The number of hydrogen-bond acceptors (Lipinski definition) is 3. The van der Waals surface area contributed by atoms with E-state index in [1.165, 1.54) is 0 Å². The van der Waals surface area contributed by atoms with E-state index in [1.54, 1.807) is 0 Å². The third kappa shape index (κ3) is 2.41. The Morgan fingerprint density at radius 1 is 1.29 bits per heavy atom. The molecule has 0 bridgehead atoms. The first kappa shape index (κ1) is 10.9. The maximum Gasteiger partial charge on any atom is 0.416 e. The van der Waals surface area contributed by atoms with E-state index in [1.807, 2.05) is 0 Å². The summed E-state index contributed by atoms with van der Waals surface area (Å²) in [5, 5.41) is -1.24. The van der Waals surface area contributed by atoms with Crippen molar-refractivity contribution < 1.29 is 25.5 Å². The molecule has 1 rings (SSSR count). The monoisotopic (exact) mass is 229 g/mol. The van der Waals surface area contributed by atoms with Crippen molar-refractivity contribution in [2.24, 2.45) is 0 Å². The lowest BCUT2D eigenvalue weighted by atomic mass is 10.3. The molecule has 1 aromatic heterocycles. The highest BCUT2D eigenvalue weighted by Crippen LogP contribution is 2.29. The summed E-state index contributed by atoms with van der Waals surface area (Å²) in [5.41, 5.74) is -1.26. The molecule has 0 N–H and O–H groups in total. The summed E-state index contributed by atoms with van der Waals surface area (Å²) in [6.45, 7) is 0. The van der Waals surface area contributed by atoms with Crippen LogP contribution in [0.3, 0.4) is 0 Å². The molecule has 0 atom stereocenters. The molecule has 0 unspecified atom stereocenters. The lowest BCUT2D eigenvalue weighted by Crippen LogP contribution is -2.07. The van der Waals surface area contributed by atoms with Crippen molar-refractivity contribution in [2.45, 2.75) is 11.2 Å². The van der Waals surface area contributed by atoms with Gasteiger partial charge in [-0.05, 0) is 12.1 Å². The van der Waals surface area contributed by atoms with E-state index < -0.39 is 27.0 Å². The molecule has 0 aliphatic rings. The molecule has 0 fully saturated rings. The van der Waals surface area contributed by atoms with Gasteiger partial charge in [0.05, 0.1) is 5.56 Å². The Morgan fingerprint density at radius 3 is 2.29 bits per heavy atom. The van der Waals surface area contributed by atoms with E-state index in [4.69, 9.17) is 0 Å². The highest BCUT2D eigenvalue weighted by Gasteiger charge is 2.32. The second-order valence-corrected chi connectivity index (χ2v) is 3.61. The molecule has 0 aliphatic heterocycles. The van der Waals surface area contributed by atoms with Crippen molar-refractivity contribution in [3.8, 4) is 0 Å². The molecule has 8 heteroatoms. The van der Waals surface area contributed by atoms with Gasteiger partial charge in [0, 0.05) is 6.20 Å². The minimum absolute atomic E-state index is 0.134. The number of halogens is 4. The van der Waals surface area contributed by atoms with Gasteiger partial charge >= 0.3 is 16.4 Å². The Morgan fingerprint density at radius 2 is 1.86 bits per heavy atom. The van der Waals surface area contributed by atoms with Crippen LogP contribution >= 0.6 is 0 Å². The van der Waals surface area contributed by atoms with Crippen LogP contribution in [0.25, 0.3) is 0 Å². The molecule has 3 nitrogen and oxygen atoms in total. The molecule has 14 heavy (non-hydrogen) atoms. The summed E-state index contributed by atoms with van der Waals surface area (Å²) >= 11 is 0. The summed E-state index contributed by atoms with van der Waals surface area (Å²) < 4.78 is 68.7. The smallest absolute Gasteiger partial charge is 0.242 e. The van der Waals surface area contributed by atoms with Crippen molar-refractivity contribution in [3.63, 3.8) is 0 Å². The average Bonchev–Trinajstić information content (AvgIpc) is 2.01. The van der Waals surface area contributed by atoms with Gasteiger partial charge in [0.1, 0.15) is 0 Å². The molecule has 1 heterocycles. The molecule has 0 amide bonds. The average molecular weight is 229 g/mol. The largest absolute Gasteiger partial charge is 0.416 e. The first-order valence-electron chi connectivity index (χ1n) is 3.19. The topological polar surface area (TPSA) is 47.0 Å². The van der Waals surface area contributed by atoms with Gasteiger partial charge in [0.25, 0.3) is 0 Å². The van der Waals surface area contributed by atoms with E-state index >= 15 is 0 Å². The molecule has 0 radical (unpaired) electrons. The van der Waals surface area contributed by atoms with E-state index in [9.17, 15) is 25.5 Å². The quantitative estimate of drug-likeness (QED) is 0.544. The van der Waals surface area contributed by atoms with Crippen LogP contribution in [0, 0.1) is 0 Å². The van der Waals surface area contributed by atoms with Crippen LogP contribution in [0.2, 0.25) is 0 Å². The number of hydrogen-bond donors (Lipinski definition) is 0. The number of aromatic nitrogens is 1. The van der Waals surface area contributed by atoms with Gasteiger partial charge in [-0.3, -0.25) is 0 Å². The Balaban J connectivity index is 3.29. The van der Waals surface area contributed by atoms with Crippen LogP contribution in [0.1, 0.15) is 5.56 Å². The molecule has 78 valence electrons. The predicted molar refractivity (Wildman–Crippen MR) is 37.5 cm³/mol. The van der Waals surface area contributed by atoms with Crippen molar-refractivity contribution in [3.05, 3.63) is 23.9 Å². The van der Waals surface area contributed by atoms with Crippen LogP contribution in [0.15, 0.2) is 23.4 Å². The molecule has 0 saturated carbocycles. The summed E-state index contributed by atoms with van der Waals surface area (Å²) in [6.07, 6.45) is -4.14. The highest BCUT2D eigenvalue weighted by molar-refractivity contribution is 7.86. The van der Waals surface area contributed by atoms with E-state index in [0.29, 0.717) is 12.3 Å². The van der Waals surface area contributed by atoms with Crippen LogP contribution < -0.4 is 0 Å². The first-order chi connectivity index (χ1) is 6.21. The van der Waals surface area contributed by atoms with Crippen LogP contribution in [-0.2, 0) is 16.4 Å². The third-order valence-corrected chi connectivity index (χ3v) is 2.03. The van der Waals surface area contributed by atoms with E-state index in [-0.39, 0.29) is 6.07 Å². The van der Waals surface area contributed by atoms with Crippen molar-refractivity contribution in [1.29, 1.82) is 0 Å². The zero-order valence-electron chi connectivity index (χ0n) is 6.42. The second kappa shape index (κ2) is 3.19. The molecule has 0 aliphatic carbocycles. The Bertz CT molecular complexity index is 439. The molecule has 0 saturated heterocycles. The lowest BCUT2D eigenvalue weighted by Gasteiger charge is -2.05. The molecular formula is C6H3F4NO2S. The van der Waals surface area contributed by atoms with Gasteiger partial charge in [0.15, 0.2) is 5.03 Å². The second-order valence-electron chi connectivity index (χ2n) is 2.32. The lowest BCUT2D eigenvalue weighted by molar-refractivity contribution is -0.137. The molecule has 1 aromatic rings. The Labute approximate surface area is 76.6 Å². The fourth-order valence-electron chi connectivity index (χ4n) is 0.719. The Hall–Kier alpha value is -1.18. The maximum absolute atomic E-state index is 12.2. The normalized spacial score (nSPS) is 12.9. The van der Waals surface area contributed by atoms with Gasteiger partial charge in [-0.1, -0.05) is 3.89 Å². The highest BCUT2D eigenvalue weighted by atomic mass is 32.3. The van der Waals surface area contributed by atoms with Gasteiger partial charge < -0.3 is 0 Å². The molecule has 0 aromatic carbocycles. The minimum Gasteiger partial charge on any atom is -0.242 e. The first-order valence-corrected chi connectivity index (χ1v) is 4.57. The summed E-state index contributed by atoms with van der Waals surface area (Å²) in [5.74, 6) is 0. The van der Waals surface area contributed by atoms with E-state index in [2.05, 4.69) is 4.98 Å². The fraction of sp³-hybridized carbons (Fsp3) is 0.167. The fourth-order valence-corrected chi connectivity index (χ4v) is 1.17. The summed E-state index contributed by atoms with van der Waals surface area (Å²) in [4.78, 5) is 2.96. The van der Waals surface area contributed by atoms with Crippen molar-refractivity contribution >= 4 is 10.2 Å². The Kier molecular flexibility index (Phi) is 2.49. The maximum atomic E-state index is 12.2. The zero-order valence-corrected chi connectivity index (χ0v) is 7.23. The SMILES string of the molecule is O=S(=O)(F)c1cc(C(F)(F)F)ccn1. The number of rotatable bonds is 1. The minimum atomic E-state index is -5.20. The standard InChI is InChI=1S/C6H3F4NO2S/c7-6(8,9)4-1-2-11-5(3-4)14(10,12)13/h1-3H. The molecule has 0 spiro atoms. The van der Waals surface area contributed by atoms with E-state index in [0.717, 1.165) is 0 Å². The van der Waals surface area contributed by atoms with Gasteiger partial charge in [0.2, 0.25) is 0 Å².